The number of nitrogens with zero attached hydrogens (tertiary/aromatic N) is 3. The Balaban J connectivity index is 1.67. The Morgan fingerprint density at radius 3 is 2.59 bits per heavy atom. The number of carbonyl (C=O) groups excluding carboxylic acids is 2. The molecule has 0 spiro atoms. The number of piperidine rings is 1. The lowest BCUT2D eigenvalue weighted by Crippen LogP contribution is -2.43. The number of amides is 2. The van der Waals surface area contributed by atoms with Crippen molar-refractivity contribution in [3.63, 3.8) is 0 Å². The predicted octanol–water partition coefficient (Wildman–Crippen LogP) is 2.59. The van der Waals surface area contributed by atoms with Crippen LogP contribution in [0, 0.1) is 19.8 Å². The van der Waals surface area contributed by atoms with Gasteiger partial charge in [-0.1, -0.05) is 17.2 Å². The van der Waals surface area contributed by atoms with Crippen LogP contribution >= 0.6 is 0 Å². The molecule has 7 nitrogen and oxygen atoms in total. The van der Waals surface area contributed by atoms with Gasteiger partial charge in [0.1, 0.15) is 12.1 Å². The zero-order chi connectivity index (χ0) is 19.4. The van der Waals surface area contributed by atoms with Crippen LogP contribution in [0.5, 0.6) is 5.88 Å². The molecule has 2 heterocycles. The summed E-state index contributed by atoms with van der Waals surface area (Å²) in [5.41, 5.74) is 2.79. The largest absolute Gasteiger partial charge is 0.481 e. The van der Waals surface area contributed by atoms with Crippen LogP contribution in [0.25, 0.3) is 0 Å². The summed E-state index contributed by atoms with van der Waals surface area (Å²) in [4.78, 5) is 35.2. The van der Waals surface area contributed by atoms with Gasteiger partial charge < -0.3 is 15.0 Å². The first-order chi connectivity index (χ1) is 13.0. The van der Waals surface area contributed by atoms with Crippen molar-refractivity contribution < 1.29 is 14.3 Å². The lowest BCUT2D eigenvalue weighted by atomic mass is 9.96. The molecular formula is C20H24N4O3. The monoisotopic (exact) mass is 368 g/mol. The third-order valence-corrected chi connectivity index (χ3v) is 4.65. The first-order valence-electron chi connectivity index (χ1n) is 9.00. The molecule has 3 rings (SSSR count). The minimum absolute atomic E-state index is 0.0250. The summed E-state index contributed by atoms with van der Waals surface area (Å²) in [5, 5.41) is 2.80. The van der Waals surface area contributed by atoms with Gasteiger partial charge in [-0.2, -0.15) is 0 Å². The predicted molar refractivity (Wildman–Crippen MR) is 102 cm³/mol. The standard InChI is InChI=1S/C20H24N4O3/c1-13-7-14(2)9-16(8-13)20(26)24-6-4-5-15(11-24)19(25)23-17-10-18(27-3)22-12-21-17/h7-10,12,15H,4-6,11H2,1-3H3,(H,21,22,23,25). The van der Waals surface area contributed by atoms with Crippen LogP contribution in [0.3, 0.4) is 0 Å². The van der Waals surface area contributed by atoms with Crippen molar-refractivity contribution in [3.8, 4) is 5.88 Å². The number of methoxy groups -OCH3 is 1. The van der Waals surface area contributed by atoms with Crippen LogP contribution in [-0.2, 0) is 4.79 Å². The maximum Gasteiger partial charge on any atom is 0.253 e. The van der Waals surface area contributed by atoms with Gasteiger partial charge in [0.25, 0.3) is 5.91 Å². The molecule has 1 N–H and O–H groups in total. The molecular weight excluding hydrogens is 344 g/mol. The van der Waals surface area contributed by atoms with E-state index in [1.165, 1.54) is 13.4 Å². The number of anilines is 1. The van der Waals surface area contributed by atoms with Crippen LogP contribution in [0.1, 0.15) is 34.3 Å². The second kappa shape index (κ2) is 8.16. The average molecular weight is 368 g/mol. The number of nitrogens with one attached hydrogen (secondary N) is 1. The molecule has 1 aromatic carbocycles. The molecule has 7 heteroatoms. The summed E-state index contributed by atoms with van der Waals surface area (Å²) >= 11 is 0. The quantitative estimate of drug-likeness (QED) is 0.897. The number of ether oxygens (including phenoxy) is 1. The highest BCUT2D eigenvalue weighted by Crippen LogP contribution is 2.21. The number of aryl methyl sites for hydroxylation is 2. The molecule has 2 amide bonds. The minimum atomic E-state index is -0.269. The SMILES string of the molecule is COc1cc(NC(=O)C2CCCN(C(=O)c3cc(C)cc(C)c3)C2)ncn1. The Kier molecular flexibility index (Phi) is 5.69. The van der Waals surface area contributed by atoms with Gasteiger partial charge in [0.05, 0.1) is 13.0 Å². The van der Waals surface area contributed by atoms with Gasteiger partial charge in [0.2, 0.25) is 11.8 Å². The van der Waals surface area contributed by atoms with Gasteiger partial charge in [0.15, 0.2) is 0 Å². The van der Waals surface area contributed by atoms with Crippen molar-refractivity contribution in [1.82, 2.24) is 14.9 Å². The van der Waals surface area contributed by atoms with E-state index in [9.17, 15) is 9.59 Å². The molecule has 0 radical (unpaired) electrons. The molecule has 1 aromatic heterocycles. The normalized spacial score (nSPS) is 16.7. The Labute approximate surface area is 158 Å². The zero-order valence-corrected chi connectivity index (χ0v) is 15.9. The van der Waals surface area contributed by atoms with Gasteiger partial charge in [-0.15, -0.1) is 0 Å². The number of hydrogen-bond acceptors (Lipinski definition) is 5. The second-order valence-electron chi connectivity index (χ2n) is 6.90. The Hall–Kier alpha value is -2.96. The summed E-state index contributed by atoms with van der Waals surface area (Å²) in [5.74, 6) is 0.339. The van der Waals surface area contributed by atoms with E-state index < -0.39 is 0 Å². The third kappa shape index (κ3) is 4.61. The van der Waals surface area contributed by atoms with E-state index in [0.29, 0.717) is 30.4 Å². The number of benzene rings is 1. The fraction of sp³-hybridized carbons (Fsp3) is 0.400. The molecule has 1 aliphatic heterocycles. The molecule has 1 fully saturated rings. The lowest BCUT2D eigenvalue weighted by Gasteiger charge is -2.32. The van der Waals surface area contributed by atoms with E-state index in [-0.39, 0.29) is 17.7 Å². The number of likely N-dealkylation sites (tertiary alicyclic amines) is 1. The number of hydrogen-bond donors (Lipinski definition) is 1. The molecule has 142 valence electrons. The van der Waals surface area contributed by atoms with Gasteiger partial charge in [-0.25, -0.2) is 9.97 Å². The van der Waals surface area contributed by atoms with Crippen LogP contribution < -0.4 is 10.1 Å². The van der Waals surface area contributed by atoms with E-state index in [0.717, 1.165) is 24.0 Å². The molecule has 0 aliphatic carbocycles. The van der Waals surface area contributed by atoms with Crippen molar-refractivity contribution in [1.29, 1.82) is 0 Å². The van der Waals surface area contributed by atoms with E-state index in [1.807, 2.05) is 32.0 Å². The molecule has 1 saturated heterocycles. The summed E-state index contributed by atoms with van der Waals surface area (Å²) < 4.78 is 5.04. The topological polar surface area (TPSA) is 84.4 Å². The first-order valence-corrected chi connectivity index (χ1v) is 9.00. The van der Waals surface area contributed by atoms with E-state index in [4.69, 9.17) is 4.74 Å². The highest BCUT2D eigenvalue weighted by Gasteiger charge is 2.29. The fourth-order valence-electron chi connectivity index (χ4n) is 3.40. The third-order valence-electron chi connectivity index (χ3n) is 4.65. The highest BCUT2D eigenvalue weighted by molar-refractivity contribution is 5.96. The molecule has 1 aliphatic rings. The van der Waals surface area contributed by atoms with Crippen LogP contribution in [0.15, 0.2) is 30.6 Å². The maximum absolute atomic E-state index is 12.9. The van der Waals surface area contributed by atoms with Crippen molar-refractivity contribution in [2.75, 3.05) is 25.5 Å². The first kappa shape index (κ1) is 18.8. The number of aromatic nitrogens is 2. The Morgan fingerprint density at radius 1 is 1.15 bits per heavy atom. The molecule has 0 bridgehead atoms. The average Bonchev–Trinajstić information content (AvgIpc) is 2.67. The van der Waals surface area contributed by atoms with Crippen molar-refractivity contribution in [2.45, 2.75) is 26.7 Å². The van der Waals surface area contributed by atoms with E-state index in [2.05, 4.69) is 15.3 Å². The minimum Gasteiger partial charge on any atom is -0.481 e. The Bertz CT molecular complexity index is 833. The summed E-state index contributed by atoms with van der Waals surface area (Å²) in [6, 6.07) is 7.40. The van der Waals surface area contributed by atoms with Crippen molar-refractivity contribution in [3.05, 3.63) is 47.3 Å². The molecule has 1 atom stereocenters. The number of carbonyl (C=O) groups is 2. The maximum atomic E-state index is 12.9. The zero-order valence-electron chi connectivity index (χ0n) is 15.9. The van der Waals surface area contributed by atoms with Gasteiger partial charge in [0, 0.05) is 24.7 Å². The van der Waals surface area contributed by atoms with Crippen LogP contribution in [0.2, 0.25) is 0 Å². The van der Waals surface area contributed by atoms with E-state index >= 15 is 0 Å². The summed E-state index contributed by atoms with van der Waals surface area (Å²) in [6.45, 7) is 5.02. The number of rotatable bonds is 4. The fourth-order valence-corrected chi connectivity index (χ4v) is 3.40. The van der Waals surface area contributed by atoms with Crippen LogP contribution in [0.4, 0.5) is 5.82 Å². The van der Waals surface area contributed by atoms with Crippen LogP contribution in [-0.4, -0.2) is 46.9 Å². The molecule has 2 aromatic rings. The van der Waals surface area contributed by atoms with Gasteiger partial charge >= 0.3 is 0 Å². The Morgan fingerprint density at radius 2 is 1.89 bits per heavy atom. The smallest absolute Gasteiger partial charge is 0.253 e. The highest BCUT2D eigenvalue weighted by atomic mass is 16.5. The molecule has 27 heavy (non-hydrogen) atoms. The van der Waals surface area contributed by atoms with Gasteiger partial charge in [-0.3, -0.25) is 9.59 Å². The second-order valence-corrected chi connectivity index (χ2v) is 6.90. The molecule has 0 saturated carbocycles. The van der Waals surface area contributed by atoms with Crippen molar-refractivity contribution >= 4 is 17.6 Å². The van der Waals surface area contributed by atoms with Gasteiger partial charge in [-0.05, 0) is 38.8 Å². The lowest BCUT2D eigenvalue weighted by molar-refractivity contribution is -0.121. The molecule has 1 unspecified atom stereocenters. The summed E-state index contributed by atoms with van der Waals surface area (Å²) in [6.07, 6.45) is 2.87. The summed E-state index contributed by atoms with van der Waals surface area (Å²) in [7, 11) is 1.51. The van der Waals surface area contributed by atoms with E-state index in [1.54, 1.807) is 11.0 Å². The van der Waals surface area contributed by atoms with Crippen molar-refractivity contribution in [2.24, 2.45) is 5.92 Å².